The van der Waals surface area contributed by atoms with Gasteiger partial charge in [0.25, 0.3) is 5.56 Å². The molecule has 0 spiro atoms. The number of aryl methyl sites for hydroxylation is 1. The Balaban J connectivity index is 2.05. The first-order chi connectivity index (χ1) is 13.3. The summed E-state index contributed by atoms with van der Waals surface area (Å²) in [5, 5.41) is 47.7. The standard InChI is InChI=1S/C17H20N4O6S/c1-9-15(26)20(18-7-10-5-3-2-4-6-10)17(28)21(19-9)16-14(25)13(24)12(23)11(8-22)27-16/h2-7,11-14,16,22-25H,8H2,1H3/b18-7+/t11-,12-,13+,14-,16-/m1/s1. The van der Waals surface area contributed by atoms with Gasteiger partial charge >= 0.3 is 0 Å². The van der Waals surface area contributed by atoms with Crippen molar-refractivity contribution < 1.29 is 25.2 Å². The van der Waals surface area contributed by atoms with Crippen LogP contribution in [0.15, 0.2) is 40.2 Å². The number of nitrogens with zero attached hydrogens (tertiary/aromatic N) is 4. The minimum absolute atomic E-state index is 0.0239. The summed E-state index contributed by atoms with van der Waals surface area (Å²) in [4.78, 5) is 12.4. The molecule has 0 amide bonds. The lowest BCUT2D eigenvalue weighted by Crippen LogP contribution is -2.57. The number of aromatic nitrogens is 3. The first-order valence-electron chi connectivity index (χ1n) is 8.47. The van der Waals surface area contributed by atoms with E-state index in [1.807, 2.05) is 18.2 Å². The summed E-state index contributed by atoms with van der Waals surface area (Å²) in [6.45, 7) is 0.839. The Morgan fingerprint density at radius 3 is 2.54 bits per heavy atom. The van der Waals surface area contributed by atoms with Gasteiger partial charge in [0.05, 0.1) is 12.8 Å². The van der Waals surface area contributed by atoms with Crippen LogP contribution < -0.4 is 5.56 Å². The highest BCUT2D eigenvalue weighted by Gasteiger charge is 2.45. The van der Waals surface area contributed by atoms with E-state index in [2.05, 4.69) is 10.2 Å². The van der Waals surface area contributed by atoms with Crippen LogP contribution in [0.1, 0.15) is 17.5 Å². The number of benzene rings is 1. The van der Waals surface area contributed by atoms with E-state index in [4.69, 9.17) is 17.0 Å². The van der Waals surface area contributed by atoms with Crippen molar-refractivity contribution >= 4 is 18.4 Å². The number of hydrogen-bond donors (Lipinski definition) is 4. The van der Waals surface area contributed by atoms with Crippen LogP contribution in [0.5, 0.6) is 0 Å². The molecule has 2 aromatic rings. The first-order valence-corrected chi connectivity index (χ1v) is 8.88. The molecule has 1 saturated heterocycles. The second-order valence-electron chi connectivity index (χ2n) is 6.30. The van der Waals surface area contributed by atoms with E-state index in [0.29, 0.717) is 0 Å². The lowest BCUT2D eigenvalue weighted by molar-refractivity contribution is -0.254. The highest BCUT2D eigenvalue weighted by molar-refractivity contribution is 7.71. The molecule has 3 rings (SSSR count). The fraction of sp³-hybridized carbons (Fsp3) is 0.412. The van der Waals surface area contributed by atoms with Crippen molar-refractivity contribution in [1.29, 1.82) is 0 Å². The summed E-state index contributed by atoms with van der Waals surface area (Å²) in [5.41, 5.74) is 0.200. The highest BCUT2D eigenvalue weighted by atomic mass is 32.1. The number of ether oxygens (including phenoxy) is 1. The minimum atomic E-state index is -1.60. The van der Waals surface area contributed by atoms with Crippen molar-refractivity contribution in [2.45, 2.75) is 37.6 Å². The molecule has 0 unspecified atom stereocenters. The van der Waals surface area contributed by atoms with Crippen LogP contribution in [0.4, 0.5) is 0 Å². The van der Waals surface area contributed by atoms with Gasteiger partial charge in [-0.15, -0.1) is 0 Å². The van der Waals surface area contributed by atoms with E-state index in [-0.39, 0.29) is 10.5 Å². The van der Waals surface area contributed by atoms with Crippen LogP contribution in [0.3, 0.4) is 0 Å². The lowest BCUT2D eigenvalue weighted by Gasteiger charge is -2.40. The normalized spacial score (nSPS) is 28.0. The van der Waals surface area contributed by atoms with Gasteiger partial charge in [0, 0.05) is 0 Å². The second-order valence-corrected chi connectivity index (χ2v) is 6.67. The number of rotatable bonds is 4. The van der Waals surface area contributed by atoms with Gasteiger partial charge in [-0.3, -0.25) is 4.79 Å². The Kier molecular flexibility index (Phi) is 6.13. The smallest absolute Gasteiger partial charge is 0.296 e. The molecule has 1 aliphatic heterocycles. The van der Waals surface area contributed by atoms with Gasteiger partial charge in [0.2, 0.25) is 4.77 Å². The van der Waals surface area contributed by atoms with E-state index in [0.717, 1.165) is 14.9 Å². The molecule has 0 aliphatic carbocycles. The molecule has 1 aliphatic rings. The lowest BCUT2D eigenvalue weighted by atomic mass is 9.98. The molecular weight excluding hydrogens is 388 g/mol. The Hall–Kier alpha value is -2.28. The molecule has 150 valence electrons. The van der Waals surface area contributed by atoms with Gasteiger partial charge in [0.15, 0.2) is 6.23 Å². The third kappa shape index (κ3) is 3.81. The average Bonchev–Trinajstić information content (AvgIpc) is 2.70. The van der Waals surface area contributed by atoms with E-state index in [1.165, 1.54) is 13.1 Å². The van der Waals surface area contributed by atoms with E-state index in [9.17, 15) is 25.2 Å². The van der Waals surface area contributed by atoms with Gasteiger partial charge in [-0.2, -0.15) is 14.9 Å². The topological polar surface area (TPSA) is 142 Å². The Morgan fingerprint density at radius 1 is 1.21 bits per heavy atom. The van der Waals surface area contributed by atoms with Crippen LogP contribution in [-0.4, -0.2) is 72.1 Å². The van der Waals surface area contributed by atoms with E-state index in [1.54, 1.807) is 12.1 Å². The molecule has 1 fully saturated rings. The first kappa shape index (κ1) is 20.5. The Labute approximate surface area is 164 Å². The maximum absolute atomic E-state index is 12.4. The molecule has 0 radical (unpaired) electrons. The molecule has 5 atom stereocenters. The third-order valence-corrected chi connectivity index (χ3v) is 4.73. The third-order valence-electron chi connectivity index (χ3n) is 4.37. The number of aliphatic hydroxyl groups is 4. The summed E-state index contributed by atoms with van der Waals surface area (Å²) < 4.78 is 7.23. The van der Waals surface area contributed by atoms with Crippen molar-refractivity contribution in [2.24, 2.45) is 5.10 Å². The maximum Gasteiger partial charge on any atom is 0.296 e. The molecule has 0 bridgehead atoms. The van der Waals surface area contributed by atoms with E-state index < -0.39 is 42.8 Å². The molecule has 1 aromatic carbocycles. The van der Waals surface area contributed by atoms with Gasteiger partial charge in [-0.05, 0) is 24.7 Å². The SMILES string of the molecule is Cc1nn([C@@H]2O[C@H](CO)[C@@H](O)[C@H](O)[C@H]2O)c(=S)n(/N=C/c2ccccc2)c1=O. The minimum Gasteiger partial charge on any atom is -0.394 e. The van der Waals surface area contributed by atoms with Crippen LogP contribution in [-0.2, 0) is 4.74 Å². The summed E-state index contributed by atoms with van der Waals surface area (Å²) >= 11 is 5.28. The Bertz CT molecular complexity index is 974. The summed E-state index contributed by atoms with van der Waals surface area (Å²) in [6, 6.07) is 9.04. The molecule has 4 N–H and O–H groups in total. The molecule has 11 heteroatoms. The molecular formula is C17H20N4O6S. The van der Waals surface area contributed by atoms with Crippen LogP contribution >= 0.6 is 12.2 Å². The quantitative estimate of drug-likeness (QED) is 0.370. The van der Waals surface area contributed by atoms with Crippen molar-refractivity contribution in [3.63, 3.8) is 0 Å². The summed E-state index contributed by atoms with van der Waals surface area (Å²) in [6.07, 6.45) is -5.75. The molecule has 10 nitrogen and oxygen atoms in total. The van der Waals surface area contributed by atoms with Gasteiger partial charge in [-0.25, -0.2) is 4.68 Å². The fourth-order valence-electron chi connectivity index (χ4n) is 2.80. The van der Waals surface area contributed by atoms with Crippen molar-refractivity contribution in [2.75, 3.05) is 6.61 Å². The maximum atomic E-state index is 12.4. The van der Waals surface area contributed by atoms with Crippen LogP contribution in [0, 0.1) is 11.7 Å². The predicted molar refractivity (Wildman–Crippen MR) is 101 cm³/mol. The number of hydrogen-bond acceptors (Lipinski definition) is 9. The zero-order chi connectivity index (χ0) is 20.4. The molecule has 1 aromatic heterocycles. The summed E-state index contributed by atoms with van der Waals surface area (Å²) in [7, 11) is 0. The predicted octanol–water partition coefficient (Wildman–Crippen LogP) is -1.06. The molecule has 28 heavy (non-hydrogen) atoms. The zero-order valence-corrected chi connectivity index (χ0v) is 15.7. The summed E-state index contributed by atoms with van der Waals surface area (Å²) in [5.74, 6) is 0. The molecule has 2 heterocycles. The Morgan fingerprint density at radius 2 is 1.89 bits per heavy atom. The van der Waals surface area contributed by atoms with Crippen LogP contribution in [0.2, 0.25) is 0 Å². The van der Waals surface area contributed by atoms with Crippen molar-refractivity contribution in [3.8, 4) is 0 Å². The second kappa shape index (κ2) is 8.39. The highest BCUT2D eigenvalue weighted by Crippen LogP contribution is 2.27. The zero-order valence-electron chi connectivity index (χ0n) is 14.9. The van der Waals surface area contributed by atoms with Gasteiger partial charge < -0.3 is 25.2 Å². The fourth-order valence-corrected chi connectivity index (χ4v) is 3.07. The molecule has 0 saturated carbocycles. The van der Waals surface area contributed by atoms with Crippen molar-refractivity contribution in [3.05, 3.63) is 56.7 Å². The van der Waals surface area contributed by atoms with Gasteiger partial charge in [0.1, 0.15) is 30.1 Å². The monoisotopic (exact) mass is 408 g/mol. The van der Waals surface area contributed by atoms with Gasteiger partial charge in [-0.1, -0.05) is 30.3 Å². The van der Waals surface area contributed by atoms with Crippen molar-refractivity contribution in [1.82, 2.24) is 14.5 Å². The largest absolute Gasteiger partial charge is 0.394 e. The average molecular weight is 408 g/mol. The number of aliphatic hydroxyl groups excluding tert-OH is 4. The van der Waals surface area contributed by atoms with Crippen LogP contribution in [0.25, 0.3) is 0 Å². The van der Waals surface area contributed by atoms with E-state index >= 15 is 0 Å².